The van der Waals surface area contributed by atoms with E-state index in [1.54, 1.807) is 12.3 Å². The molecule has 18 heavy (non-hydrogen) atoms. The third-order valence-corrected chi connectivity index (χ3v) is 2.64. The molecule has 0 saturated carbocycles. The van der Waals surface area contributed by atoms with Crippen molar-refractivity contribution in [3.05, 3.63) is 58.5 Å². The molecule has 3 nitrogen and oxygen atoms in total. The van der Waals surface area contributed by atoms with Crippen molar-refractivity contribution in [1.29, 1.82) is 0 Å². The quantitative estimate of drug-likeness (QED) is 0.903. The lowest BCUT2D eigenvalue weighted by Gasteiger charge is -2.06. The Hall–Kier alpha value is -1.94. The van der Waals surface area contributed by atoms with E-state index in [4.69, 9.17) is 11.6 Å². The highest BCUT2D eigenvalue weighted by molar-refractivity contribution is 6.34. The molecule has 1 aromatic carbocycles. The van der Waals surface area contributed by atoms with Crippen molar-refractivity contribution in [3.8, 4) is 0 Å². The number of carbonyl (C=O) groups is 1. The van der Waals surface area contributed by atoms with Gasteiger partial charge < -0.3 is 5.32 Å². The Kier molecular flexibility index (Phi) is 3.58. The Balaban J connectivity index is 2.19. The van der Waals surface area contributed by atoms with Gasteiger partial charge in [0.2, 0.25) is 0 Å². The molecule has 5 heteroatoms. The number of amides is 1. The summed E-state index contributed by atoms with van der Waals surface area (Å²) in [5.41, 5.74) is 1.20. The molecule has 1 aromatic heterocycles. The molecule has 0 spiro atoms. The fraction of sp³-hybridized carbons (Fsp3) is 0.0769. The smallest absolute Gasteiger partial charge is 0.258 e. The maximum atomic E-state index is 12.9. The molecule has 1 N–H and O–H groups in total. The van der Waals surface area contributed by atoms with E-state index >= 15 is 0 Å². The summed E-state index contributed by atoms with van der Waals surface area (Å²) in [7, 11) is 0. The number of hydrogen-bond acceptors (Lipinski definition) is 2. The van der Waals surface area contributed by atoms with Gasteiger partial charge in [0.1, 0.15) is 11.6 Å². The van der Waals surface area contributed by atoms with Gasteiger partial charge >= 0.3 is 0 Å². The number of hydrogen-bond donors (Lipinski definition) is 1. The van der Waals surface area contributed by atoms with Crippen molar-refractivity contribution >= 4 is 23.3 Å². The highest BCUT2D eigenvalue weighted by atomic mass is 35.5. The minimum atomic E-state index is -0.481. The topological polar surface area (TPSA) is 42.0 Å². The summed E-state index contributed by atoms with van der Waals surface area (Å²) in [6, 6.07) is 7.13. The monoisotopic (exact) mass is 264 g/mol. The molecule has 0 aliphatic rings. The summed E-state index contributed by atoms with van der Waals surface area (Å²) < 4.78 is 12.9. The number of pyridine rings is 1. The Morgan fingerprint density at radius 2 is 2.11 bits per heavy atom. The zero-order valence-corrected chi connectivity index (χ0v) is 10.3. The van der Waals surface area contributed by atoms with Crippen molar-refractivity contribution in [3.63, 3.8) is 0 Å². The zero-order valence-electron chi connectivity index (χ0n) is 9.58. The number of nitrogens with one attached hydrogen (secondary N) is 1. The van der Waals surface area contributed by atoms with Crippen LogP contribution in [0.5, 0.6) is 0 Å². The Bertz CT molecular complexity index is 584. The lowest BCUT2D eigenvalue weighted by molar-refractivity contribution is 0.102. The molecule has 2 rings (SSSR count). The molecule has 0 aliphatic heterocycles. The summed E-state index contributed by atoms with van der Waals surface area (Å²) >= 11 is 5.79. The minimum Gasteiger partial charge on any atom is -0.307 e. The molecular weight excluding hydrogens is 255 g/mol. The van der Waals surface area contributed by atoms with Crippen LogP contribution in [-0.4, -0.2) is 10.9 Å². The first-order valence-electron chi connectivity index (χ1n) is 5.25. The van der Waals surface area contributed by atoms with Crippen molar-refractivity contribution in [2.24, 2.45) is 0 Å². The molecule has 1 heterocycles. The standard InChI is InChI=1S/C13H10ClFN2O/c1-8-2-5-12(16-7-8)17-13(18)10-4-3-9(15)6-11(10)14/h2-7H,1H3,(H,16,17,18). The summed E-state index contributed by atoms with van der Waals surface area (Å²) in [6.45, 7) is 1.90. The van der Waals surface area contributed by atoms with Gasteiger partial charge in [-0.25, -0.2) is 9.37 Å². The molecule has 0 bridgehead atoms. The number of carbonyl (C=O) groups excluding carboxylic acids is 1. The van der Waals surface area contributed by atoms with Gasteiger partial charge in [-0.05, 0) is 36.8 Å². The number of aryl methyl sites for hydroxylation is 1. The van der Waals surface area contributed by atoms with E-state index in [-0.39, 0.29) is 10.6 Å². The van der Waals surface area contributed by atoms with Crippen LogP contribution < -0.4 is 5.32 Å². The largest absolute Gasteiger partial charge is 0.307 e. The number of rotatable bonds is 2. The van der Waals surface area contributed by atoms with Gasteiger partial charge in [-0.15, -0.1) is 0 Å². The molecule has 92 valence electrons. The van der Waals surface area contributed by atoms with E-state index in [2.05, 4.69) is 10.3 Å². The van der Waals surface area contributed by atoms with Crippen LogP contribution in [0.2, 0.25) is 5.02 Å². The molecule has 0 aliphatic carbocycles. The van der Waals surface area contributed by atoms with E-state index in [1.165, 1.54) is 12.1 Å². The Labute approximate surface area is 109 Å². The number of benzene rings is 1. The van der Waals surface area contributed by atoms with E-state index in [0.29, 0.717) is 5.82 Å². The SMILES string of the molecule is Cc1ccc(NC(=O)c2ccc(F)cc2Cl)nc1. The van der Waals surface area contributed by atoms with Gasteiger partial charge in [-0.3, -0.25) is 4.79 Å². The van der Waals surface area contributed by atoms with Gasteiger partial charge in [-0.1, -0.05) is 17.7 Å². The third-order valence-electron chi connectivity index (χ3n) is 2.33. The maximum Gasteiger partial charge on any atom is 0.258 e. The molecule has 1 amide bonds. The zero-order chi connectivity index (χ0) is 13.1. The van der Waals surface area contributed by atoms with Crippen molar-refractivity contribution in [1.82, 2.24) is 4.98 Å². The molecular formula is C13H10ClFN2O. The fourth-order valence-electron chi connectivity index (χ4n) is 1.40. The average Bonchev–Trinajstić information content (AvgIpc) is 2.32. The first-order chi connectivity index (χ1) is 8.56. The van der Waals surface area contributed by atoms with Crippen LogP contribution in [0.4, 0.5) is 10.2 Å². The molecule has 0 atom stereocenters. The molecule has 0 unspecified atom stereocenters. The van der Waals surface area contributed by atoms with Crippen LogP contribution in [0.3, 0.4) is 0 Å². The molecule has 2 aromatic rings. The van der Waals surface area contributed by atoms with Crippen LogP contribution in [-0.2, 0) is 0 Å². The molecule has 0 fully saturated rings. The van der Waals surface area contributed by atoms with Crippen LogP contribution in [0.1, 0.15) is 15.9 Å². The van der Waals surface area contributed by atoms with Crippen LogP contribution in [0.15, 0.2) is 36.5 Å². The second kappa shape index (κ2) is 5.14. The minimum absolute atomic E-state index is 0.0691. The van der Waals surface area contributed by atoms with E-state index in [9.17, 15) is 9.18 Å². The predicted molar refractivity (Wildman–Crippen MR) is 68.3 cm³/mol. The normalized spacial score (nSPS) is 10.2. The summed E-state index contributed by atoms with van der Waals surface area (Å²) in [6.07, 6.45) is 1.64. The lowest BCUT2D eigenvalue weighted by Crippen LogP contribution is -2.13. The number of aromatic nitrogens is 1. The number of halogens is 2. The van der Waals surface area contributed by atoms with Crippen LogP contribution in [0, 0.1) is 12.7 Å². The van der Waals surface area contributed by atoms with Crippen LogP contribution in [0.25, 0.3) is 0 Å². The summed E-state index contributed by atoms with van der Waals surface area (Å²) in [5, 5.41) is 2.66. The summed E-state index contributed by atoms with van der Waals surface area (Å²) in [5.74, 6) is -0.479. The summed E-state index contributed by atoms with van der Waals surface area (Å²) in [4.78, 5) is 15.9. The predicted octanol–water partition coefficient (Wildman–Crippen LogP) is 3.43. The van der Waals surface area contributed by atoms with Crippen LogP contribution >= 0.6 is 11.6 Å². The number of nitrogens with zero attached hydrogens (tertiary/aromatic N) is 1. The molecule has 0 radical (unpaired) electrons. The average molecular weight is 265 g/mol. The van der Waals surface area contributed by atoms with Crippen molar-refractivity contribution in [2.45, 2.75) is 6.92 Å². The Morgan fingerprint density at radius 1 is 1.33 bits per heavy atom. The van der Waals surface area contributed by atoms with Gasteiger partial charge in [0.15, 0.2) is 0 Å². The lowest BCUT2D eigenvalue weighted by atomic mass is 10.2. The third kappa shape index (κ3) is 2.84. The van der Waals surface area contributed by atoms with Gasteiger partial charge in [0.05, 0.1) is 10.6 Å². The number of anilines is 1. The first-order valence-corrected chi connectivity index (χ1v) is 5.63. The maximum absolute atomic E-state index is 12.9. The van der Waals surface area contributed by atoms with E-state index < -0.39 is 11.7 Å². The fourth-order valence-corrected chi connectivity index (χ4v) is 1.65. The van der Waals surface area contributed by atoms with Crippen molar-refractivity contribution < 1.29 is 9.18 Å². The highest BCUT2D eigenvalue weighted by Crippen LogP contribution is 2.18. The second-order valence-electron chi connectivity index (χ2n) is 3.80. The second-order valence-corrected chi connectivity index (χ2v) is 4.21. The Morgan fingerprint density at radius 3 is 2.72 bits per heavy atom. The van der Waals surface area contributed by atoms with Gasteiger partial charge in [0, 0.05) is 6.20 Å². The van der Waals surface area contributed by atoms with E-state index in [1.807, 2.05) is 13.0 Å². The highest BCUT2D eigenvalue weighted by Gasteiger charge is 2.11. The van der Waals surface area contributed by atoms with E-state index in [0.717, 1.165) is 11.6 Å². The van der Waals surface area contributed by atoms with Gasteiger partial charge in [0.25, 0.3) is 5.91 Å². The molecule has 0 saturated heterocycles. The first kappa shape index (κ1) is 12.5. The van der Waals surface area contributed by atoms with Gasteiger partial charge in [-0.2, -0.15) is 0 Å². The van der Waals surface area contributed by atoms with Crippen molar-refractivity contribution in [2.75, 3.05) is 5.32 Å².